The van der Waals surface area contributed by atoms with Crippen LogP contribution in [-0.4, -0.2) is 13.1 Å². The summed E-state index contributed by atoms with van der Waals surface area (Å²) in [7, 11) is 0. The van der Waals surface area contributed by atoms with Gasteiger partial charge in [-0.25, -0.2) is 0 Å². The van der Waals surface area contributed by atoms with E-state index in [9.17, 15) is 0 Å². The summed E-state index contributed by atoms with van der Waals surface area (Å²) in [5.74, 6) is 0.871. The molecule has 0 bridgehead atoms. The Morgan fingerprint density at radius 1 is 1.38 bits per heavy atom. The van der Waals surface area contributed by atoms with Crippen molar-refractivity contribution < 1.29 is 0 Å². The summed E-state index contributed by atoms with van der Waals surface area (Å²) in [6, 6.07) is 6.19. The van der Waals surface area contributed by atoms with Crippen LogP contribution in [-0.2, 0) is 5.33 Å². The Labute approximate surface area is 111 Å². The summed E-state index contributed by atoms with van der Waals surface area (Å²) >= 11 is 9.55. The van der Waals surface area contributed by atoms with Gasteiger partial charge < -0.3 is 4.90 Å². The number of anilines is 1. The van der Waals surface area contributed by atoms with Gasteiger partial charge in [-0.1, -0.05) is 34.5 Å². The van der Waals surface area contributed by atoms with Crippen LogP contribution in [0.4, 0.5) is 5.69 Å². The highest BCUT2D eigenvalue weighted by molar-refractivity contribution is 9.08. The molecule has 1 heterocycles. The van der Waals surface area contributed by atoms with Gasteiger partial charge in [-0.15, -0.1) is 0 Å². The van der Waals surface area contributed by atoms with Crippen LogP contribution in [0.3, 0.4) is 0 Å². The lowest BCUT2D eigenvalue weighted by molar-refractivity contribution is 0.438. The maximum Gasteiger partial charge on any atom is 0.0410 e. The van der Waals surface area contributed by atoms with Crippen LogP contribution in [0.5, 0.6) is 0 Å². The summed E-state index contributed by atoms with van der Waals surface area (Å²) in [4.78, 5) is 2.48. The molecule has 0 saturated carbocycles. The van der Waals surface area contributed by atoms with Crippen LogP contribution in [0, 0.1) is 5.92 Å². The first-order valence-electron chi connectivity index (χ1n) is 5.80. The van der Waals surface area contributed by atoms with Crippen LogP contribution in [0.25, 0.3) is 0 Å². The number of halogens is 2. The third kappa shape index (κ3) is 2.72. The van der Waals surface area contributed by atoms with Crippen molar-refractivity contribution in [1.82, 2.24) is 0 Å². The number of alkyl halides is 1. The lowest BCUT2D eigenvalue weighted by Crippen LogP contribution is -2.33. The van der Waals surface area contributed by atoms with Gasteiger partial charge in [-0.2, -0.15) is 0 Å². The Morgan fingerprint density at radius 3 is 2.69 bits per heavy atom. The van der Waals surface area contributed by atoms with Crippen molar-refractivity contribution in [2.75, 3.05) is 18.0 Å². The van der Waals surface area contributed by atoms with Gasteiger partial charge in [0, 0.05) is 29.1 Å². The first kappa shape index (κ1) is 12.3. The average Bonchev–Trinajstić information content (AvgIpc) is 2.30. The zero-order valence-electron chi connectivity index (χ0n) is 9.55. The standard InChI is InChI=1S/C13H17BrClN/c1-10-4-6-16(7-5-10)13-3-2-12(15)8-11(13)9-14/h2-3,8,10H,4-7,9H2,1H3. The summed E-state index contributed by atoms with van der Waals surface area (Å²) in [6.45, 7) is 4.68. The van der Waals surface area contributed by atoms with E-state index in [2.05, 4.69) is 39.9 Å². The summed E-state index contributed by atoms with van der Waals surface area (Å²) in [6.07, 6.45) is 2.59. The molecule has 0 unspecified atom stereocenters. The highest BCUT2D eigenvalue weighted by Gasteiger charge is 2.17. The molecule has 1 aliphatic rings. The zero-order chi connectivity index (χ0) is 11.5. The third-order valence-electron chi connectivity index (χ3n) is 3.31. The Balaban J connectivity index is 2.19. The molecule has 0 aromatic heterocycles. The minimum Gasteiger partial charge on any atom is -0.371 e. The molecule has 0 radical (unpaired) electrons. The van der Waals surface area contributed by atoms with Crippen molar-refractivity contribution in [3.05, 3.63) is 28.8 Å². The van der Waals surface area contributed by atoms with E-state index in [4.69, 9.17) is 11.6 Å². The maximum absolute atomic E-state index is 6.02. The topological polar surface area (TPSA) is 3.24 Å². The Hall–Kier alpha value is -0.210. The zero-order valence-corrected chi connectivity index (χ0v) is 11.9. The normalized spacial score (nSPS) is 17.8. The molecule has 1 aromatic carbocycles. The second-order valence-electron chi connectivity index (χ2n) is 4.58. The van der Waals surface area contributed by atoms with Crippen LogP contribution < -0.4 is 4.90 Å². The molecule has 1 aliphatic heterocycles. The fraction of sp³-hybridized carbons (Fsp3) is 0.538. The quantitative estimate of drug-likeness (QED) is 0.729. The Kier molecular flexibility index (Phi) is 4.15. The van der Waals surface area contributed by atoms with Gasteiger partial charge in [0.15, 0.2) is 0 Å². The van der Waals surface area contributed by atoms with Crippen LogP contribution in [0.2, 0.25) is 5.02 Å². The molecule has 1 aromatic rings. The molecule has 1 fully saturated rings. The van der Waals surface area contributed by atoms with Crippen molar-refractivity contribution in [2.24, 2.45) is 5.92 Å². The minimum absolute atomic E-state index is 0.823. The van der Waals surface area contributed by atoms with Gasteiger partial charge in [0.25, 0.3) is 0 Å². The molecule has 0 amide bonds. The predicted octanol–water partition coefficient (Wildman–Crippen LogP) is 4.47. The van der Waals surface area contributed by atoms with E-state index < -0.39 is 0 Å². The molecular weight excluding hydrogens is 286 g/mol. The lowest BCUT2D eigenvalue weighted by atomic mass is 9.98. The summed E-state index contributed by atoms with van der Waals surface area (Å²) < 4.78 is 0. The van der Waals surface area contributed by atoms with E-state index >= 15 is 0 Å². The molecule has 1 nitrogen and oxygen atoms in total. The number of benzene rings is 1. The van der Waals surface area contributed by atoms with Crippen molar-refractivity contribution in [3.8, 4) is 0 Å². The smallest absolute Gasteiger partial charge is 0.0410 e. The Morgan fingerprint density at radius 2 is 2.06 bits per heavy atom. The van der Waals surface area contributed by atoms with E-state index in [-0.39, 0.29) is 0 Å². The number of hydrogen-bond donors (Lipinski definition) is 0. The summed E-state index contributed by atoms with van der Waals surface area (Å²) in [5, 5.41) is 1.69. The van der Waals surface area contributed by atoms with Crippen molar-refractivity contribution in [2.45, 2.75) is 25.1 Å². The molecule has 1 saturated heterocycles. The van der Waals surface area contributed by atoms with E-state index in [0.29, 0.717) is 0 Å². The molecular formula is C13H17BrClN. The van der Waals surface area contributed by atoms with E-state index in [1.165, 1.54) is 37.2 Å². The highest BCUT2D eigenvalue weighted by Crippen LogP contribution is 2.29. The molecule has 0 spiro atoms. The number of nitrogens with zero attached hydrogens (tertiary/aromatic N) is 1. The molecule has 2 rings (SSSR count). The van der Waals surface area contributed by atoms with Gasteiger partial charge in [-0.05, 0) is 42.5 Å². The first-order chi connectivity index (χ1) is 7.70. The van der Waals surface area contributed by atoms with Crippen LogP contribution in [0.15, 0.2) is 18.2 Å². The molecule has 0 atom stereocenters. The molecule has 16 heavy (non-hydrogen) atoms. The van der Waals surface area contributed by atoms with Crippen molar-refractivity contribution in [1.29, 1.82) is 0 Å². The molecule has 88 valence electrons. The van der Waals surface area contributed by atoms with Gasteiger partial charge in [0.1, 0.15) is 0 Å². The van der Waals surface area contributed by atoms with Crippen LogP contribution in [0.1, 0.15) is 25.3 Å². The SMILES string of the molecule is CC1CCN(c2ccc(Cl)cc2CBr)CC1. The minimum atomic E-state index is 0.823. The molecule has 0 N–H and O–H groups in total. The fourth-order valence-electron chi connectivity index (χ4n) is 2.22. The van der Waals surface area contributed by atoms with E-state index in [1.54, 1.807) is 0 Å². The van der Waals surface area contributed by atoms with E-state index in [0.717, 1.165) is 16.3 Å². The lowest BCUT2D eigenvalue weighted by Gasteiger charge is -2.33. The largest absolute Gasteiger partial charge is 0.371 e. The van der Waals surface area contributed by atoms with E-state index in [1.807, 2.05) is 6.07 Å². The highest BCUT2D eigenvalue weighted by atomic mass is 79.9. The predicted molar refractivity (Wildman–Crippen MR) is 74.7 cm³/mol. The second-order valence-corrected chi connectivity index (χ2v) is 5.57. The fourth-order valence-corrected chi connectivity index (χ4v) is 2.86. The molecule has 0 aliphatic carbocycles. The van der Waals surface area contributed by atoms with Gasteiger partial charge in [0.05, 0.1) is 0 Å². The Bertz CT molecular complexity index is 359. The number of hydrogen-bond acceptors (Lipinski definition) is 1. The third-order valence-corrected chi connectivity index (χ3v) is 4.15. The summed E-state index contributed by atoms with van der Waals surface area (Å²) in [5.41, 5.74) is 2.63. The van der Waals surface area contributed by atoms with Gasteiger partial charge >= 0.3 is 0 Å². The van der Waals surface area contributed by atoms with Gasteiger partial charge in [-0.3, -0.25) is 0 Å². The number of piperidine rings is 1. The number of rotatable bonds is 2. The van der Waals surface area contributed by atoms with Crippen molar-refractivity contribution >= 4 is 33.2 Å². The van der Waals surface area contributed by atoms with Crippen molar-refractivity contribution in [3.63, 3.8) is 0 Å². The maximum atomic E-state index is 6.02. The second kappa shape index (κ2) is 5.42. The average molecular weight is 303 g/mol. The van der Waals surface area contributed by atoms with Gasteiger partial charge in [0.2, 0.25) is 0 Å². The first-order valence-corrected chi connectivity index (χ1v) is 7.30. The van der Waals surface area contributed by atoms with Crippen LogP contribution >= 0.6 is 27.5 Å². The monoisotopic (exact) mass is 301 g/mol. The molecule has 3 heteroatoms.